The van der Waals surface area contributed by atoms with Crippen molar-refractivity contribution in [3.63, 3.8) is 0 Å². The van der Waals surface area contributed by atoms with Crippen LogP contribution in [-0.2, 0) is 0 Å². The summed E-state index contributed by atoms with van der Waals surface area (Å²) in [6.07, 6.45) is 2.21. The zero-order chi connectivity index (χ0) is 24.1. The van der Waals surface area contributed by atoms with Gasteiger partial charge in [-0.3, -0.25) is 5.01 Å². The van der Waals surface area contributed by atoms with Gasteiger partial charge >= 0.3 is 5.97 Å². The van der Waals surface area contributed by atoms with Crippen LogP contribution in [0.3, 0.4) is 0 Å². The number of aromatic carboxylic acids is 1. The van der Waals surface area contributed by atoms with Crippen molar-refractivity contribution in [2.45, 2.75) is 0 Å². The van der Waals surface area contributed by atoms with Crippen LogP contribution in [0.5, 0.6) is 0 Å². The standard InChI is InChI=1S/C23H19F2N5O2S/c1-3-16(24)18(4-2)30(27)20(13-8-6-5-7-9-13)19(26)22-28-21(29-33-22)15-11-10-14(23(31)32)12-17(15)25/h3-12H,1-2,26-27H2,(H,31,32)/b18-16-,20-19-. The average molecular weight is 468 g/mol. The van der Waals surface area contributed by atoms with E-state index in [4.69, 9.17) is 16.7 Å². The van der Waals surface area contributed by atoms with Crippen molar-refractivity contribution in [3.05, 3.63) is 107 Å². The highest BCUT2D eigenvalue weighted by molar-refractivity contribution is 7.06. The first kappa shape index (κ1) is 23.5. The third-order valence-corrected chi connectivity index (χ3v) is 5.28. The molecule has 0 amide bonds. The predicted molar refractivity (Wildman–Crippen MR) is 124 cm³/mol. The normalized spacial score (nSPS) is 12.5. The fourth-order valence-corrected chi connectivity index (χ4v) is 3.56. The summed E-state index contributed by atoms with van der Waals surface area (Å²) >= 11 is 0.881. The van der Waals surface area contributed by atoms with Gasteiger partial charge in [0.2, 0.25) is 0 Å². The van der Waals surface area contributed by atoms with E-state index < -0.39 is 17.6 Å². The third-order valence-electron chi connectivity index (χ3n) is 4.53. The van der Waals surface area contributed by atoms with Crippen molar-refractivity contribution >= 4 is 28.9 Å². The topological polar surface area (TPSA) is 118 Å². The van der Waals surface area contributed by atoms with E-state index in [1.165, 1.54) is 18.2 Å². The molecule has 1 aromatic heterocycles. The van der Waals surface area contributed by atoms with Gasteiger partial charge in [-0.1, -0.05) is 43.5 Å². The molecule has 0 fully saturated rings. The second kappa shape index (κ2) is 9.98. The average Bonchev–Trinajstić information content (AvgIpc) is 3.30. The van der Waals surface area contributed by atoms with E-state index in [-0.39, 0.29) is 39.1 Å². The summed E-state index contributed by atoms with van der Waals surface area (Å²) < 4.78 is 32.9. The molecule has 10 heteroatoms. The molecule has 0 aliphatic carbocycles. The largest absolute Gasteiger partial charge is 0.478 e. The Morgan fingerprint density at radius 1 is 1.12 bits per heavy atom. The summed E-state index contributed by atoms with van der Waals surface area (Å²) in [6.45, 7) is 7.00. The maximum atomic E-state index is 14.5. The monoisotopic (exact) mass is 467 g/mol. The molecule has 0 spiro atoms. The summed E-state index contributed by atoms with van der Waals surface area (Å²) in [4.78, 5) is 15.3. The number of carboxylic acids is 1. The van der Waals surface area contributed by atoms with Gasteiger partial charge in [0.05, 0.1) is 28.2 Å². The molecule has 0 saturated carbocycles. The Kier molecular flexibility index (Phi) is 7.11. The molecule has 168 valence electrons. The van der Waals surface area contributed by atoms with Gasteiger partial charge < -0.3 is 10.8 Å². The van der Waals surface area contributed by atoms with Crippen molar-refractivity contribution in [2.24, 2.45) is 11.6 Å². The summed E-state index contributed by atoms with van der Waals surface area (Å²) in [7, 11) is 0. The SMILES string of the molecule is C=C/C(F)=C(\C=C)N(N)/C(=C(\N)c1nc(-c2ccc(C(=O)O)cc2F)ns1)c1ccccc1. The molecule has 3 aromatic rings. The fourth-order valence-electron chi connectivity index (χ4n) is 2.93. The summed E-state index contributed by atoms with van der Waals surface area (Å²) in [5.41, 5.74) is 6.95. The number of nitrogens with zero attached hydrogens (tertiary/aromatic N) is 3. The Morgan fingerprint density at radius 2 is 1.82 bits per heavy atom. The second-order valence-corrected chi connectivity index (χ2v) is 7.31. The minimum Gasteiger partial charge on any atom is -0.478 e. The number of hydrazine groups is 1. The van der Waals surface area contributed by atoms with Crippen molar-refractivity contribution < 1.29 is 18.7 Å². The summed E-state index contributed by atoms with van der Waals surface area (Å²) in [5, 5.41) is 10.2. The van der Waals surface area contributed by atoms with Crippen LogP contribution in [0.25, 0.3) is 22.8 Å². The van der Waals surface area contributed by atoms with Crippen molar-refractivity contribution in [2.75, 3.05) is 0 Å². The molecule has 33 heavy (non-hydrogen) atoms. The summed E-state index contributed by atoms with van der Waals surface area (Å²) in [5.74, 6) is 3.47. The van der Waals surface area contributed by atoms with E-state index in [9.17, 15) is 13.6 Å². The highest BCUT2D eigenvalue weighted by Gasteiger charge is 2.22. The van der Waals surface area contributed by atoms with Crippen LogP contribution in [-0.4, -0.2) is 25.4 Å². The number of benzene rings is 2. The van der Waals surface area contributed by atoms with Gasteiger partial charge in [0, 0.05) is 5.56 Å². The molecule has 0 bridgehead atoms. The first-order valence-electron chi connectivity index (χ1n) is 9.40. The van der Waals surface area contributed by atoms with Crippen LogP contribution in [0.2, 0.25) is 0 Å². The van der Waals surface area contributed by atoms with Crippen molar-refractivity contribution in [3.8, 4) is 11.4 Å². The molecule has 3 rings (SSSR count). The van der Waals surface area contributed by atoms with Crippen LogP contribution in [0.15, 0.2) is 85.4 Å². The van der Waals surface area contributed by atoms with E-state index in [0.717, 1.165) is 28.7 Å². The smallest absolute Gasteiger partial charge is 0.335 e. The molecule has 0 aliphatic heterocycles. The number of aromatic nitrogens is 2. The van der Waals surface area contributed by atoms with Crippen LogP contribution >= 0.6 is 11.5 Å². The van der Waals surface area contributed by atoms with Gasteiger partial charge in [-0.15, -0.1) is 0 Å². The second-order valence-electron chi connectivity index (χ2n) is 6.56. The van der Waals surface area contributed by atoms with E-state index in [0.29, 0.717) is 5.56 Å². The predicted octanol–water partition coefficient (Wildman–Crippen LogP) is 4.56. The Balaban J connectivity index is 2.14. The van der Waals surface area contributed by atoms with Gasteiger partial charge in [0.25, 0.3) is 0 Å². The number of halogens is 2. The van der Waals surface area contributed by atoms with E-state index in [1.807, 2.05) is 0 Å². The maximum Gasteiger partial charge on any atom is 0.335 e. The first-order chi connectivity index (χ1) is 15.8. The van der Waals surface area contributed by atoms with E-state index in [1.54, 1.807) is 30.3 Å². The molecule has 0 aliphatic rings. The number of nitrogens with two attached hydrogens (primary N) is 2. The highest BCUT2D eigenvalue weighted by atomic mass is 32.1. The van der Waals surface area contributed by atoms with Gasteiger partial charge in [-0.05, 0) is 41.9 Å². The molecule has 0 saturated heterocycles. The van der Waals surface area contributed by atoms with Crippen LogP contribution in [0.1, 0.15) is 20.9 Å². The van der Waals surface area contributed by atoms with Crippen molar-refractivity contribution in [1.29, 1.82) is 0 Å². The molecular formula is C23H19F2N5O2S. The maximum absolute atomic E-state index is 14.5. The summed E-state index contributed by atoms with van der Waals surface area (Å²) in [6, 6.07) is 12.1. The number of carbonyl (C=O) groups is 1. The quantitative estimate of drug-likeness (QED) is 0.253. The minimum atomic E-state index is -1.26. The van der Waals surface area contributed by atoms with Gasteiger partial charge in [-0.25, -0.2) is 24.4 Å². The molecule has 2 aromatic carbocycles. The Morgan fingerprint density at radius 3 is 2.39 bits per heavy atom. The molecule has 0 radical (unpaired) electrons. The Bertz CT molecular complexity index is 1290. The van der Waals surface area contributed by atoms with E-state index >= 15 is 0 Å². The van der Waals surface area contributed by atoms with Gasteiger partial charge in [-0.2, -0.15) is 4.37 Å². The Labute approximate surface area is 192 Å². The minimum absolute atomic E-state index is 0.00513. The zero-order valence-corrected chi connectivity index (χ0v) is 18.0. The lowest BCUT2D eigenvalue weighted by atomic mass is 10.1. The lowest BCUT2D eigenvalue weighted by molar-refractivity contribution is 0.0696. The van der Waals surface area contributed by atoms with E-state index in [2.05, 4.69) is 22.5 Å². The molecule has 0 atom stereocenters. The number of hydrogen-bond donors (Lipinski definition) is 3. The van der Waals surface area contributed by atoms with Gasteiger partial charge in [0.15, 0.2) is 10.8 Å². The van der Waals surface area contributed by atoms with Crippen molar-refractivity contribution in [1.82, 2.24) is 14.4 Å². The zero-order valence-electron chi connectivity index (χ0n) is 17.2. The van der Waals surface area contributed by atoms with Crippen LogP contribution in [0, 0.1) is 5.82 Å². The lowest BCUT2D eigenvalue weighted by Crippen LogP contribution is -2.30. The highest BCUT2D eigenvalue weighted by Crippen LogP contribution is 2.31. The third kappa shape index (κ3) is 4.86. The molecule has 1 heterocycles. The van der Waals surface area contributed by atoms with Crippen LogP contribution < -0.4 is 11.6 Å². The number of rotatable bonds is 8. The number of allylic oxidation sites excluding steroid dienone is 3. The lowest BCUT2D eigenvalue weighted by Gasteiger charge is -2.25. The first-order valence-corrected chi connectivity index (χ1v) is 10.2. The molecular weight excluding hydrogens is 448 g/mol. The Hall–Kier alpha value is -4.15. The molecule has 7 nitrogen and oxygen atoms in total. The van der Waals surface area contributed by atoms with Crippen LogP contribution in [0.4, 0.5) is 8.78 Å². The molecule has 0 unspecified atom stereocenters. The number of carboxylic acid groups (broad SMARTS) is 1. The fraction of sp³-hybridized carbons (Fsp3) is 0. The molecule has 5 N–H and O–H groups in total. The van der Waals surface area contributed by atoms with Gasteiger partial charge in [0.1, 0.15) is 11.6 Å². The number of hydrogen-bond acceptors (Lipinski definition) is 7.